The van der Waals surface area contributed by atoms with Crippen molar-refractivity contribution in [1.29, 1.82) is 0 Å². The van der Waals surface area contributed by atoms with Gasteiger partial charge in [-0.05, 0) is 42.3 Å². The summed E-state index contributed by atoms with van der Waals surface area (Å²) in [5, 5.41) is 0.724. The van der Waals surface area contributed by atoms with Gasteiger partial charge in [-0.15, -0.1) is 0 Å². The molecule has 0 spiro atoms. The van der Waals surface area contributed by atoms with Crippen LogP contribution in [-0.4, -0.2) is 19.0 Å². The largest absolute Gasteiger partial charge is 0.465 e. The Morgan fingerprint density at radius 3 is 2.73 bits per heavy atom. The number of carbonyl (C=O) groups is 2. The first-order chi connectivity index (χ1) is 12.5. The van der Waals surface area contributed by atoms with E-state index in [0.717, 1.165) is 16.5 Å². The van der Waals surface area contributed by atoms with Gasteiger partial charge in [-0.25, -0.2) is 9.59 Å². The van der Waals surface area contributed by atoms with E-state index in [1.54, 1.807) is 29.2 Å². The highest BCUT2D eigenvalue weighted by atomic mass is 16.5. The number of benzene rings is 2. The zero-order chi connectivity index (χ0) is 18.4. The molecule has 0 saturated carbocycles. The van der Waals surface area contributed by atoms with Gasteiger partial charge in [0.25, 0.3) is 5.91 Å². The number of esters is 1. The Bertz CT molecular complexity index is 1130. The number of amides is 1. The van der Waals surface area contributed by atoms with Crippen LogP contribution in [0, 0.1) is 6.92 Å². The van der Waals surface area contributed by atoms with Crippen molar-refractivity contribution in [3.63, 3.8) is 0 Å². The Labute approximate surface area is 148 Å². The first-order valence-electron chi connectivity index (χ1n) is 8.06. The fourth-order valence-corrected chi connectivity index (χ4v) is 3.33. The molecule has 1 aromatic heterocycles. The van der Waals surface area contributed by atoms with Gasteiger partial charge in [-0.3, -0.25) is 4.79 Å². The molecule has 1 aliphatic heterocycles. The van der Waals surface area contributed by atoms with E-state index in [2.05, 4.69) is 0 Å². The van der Waals surface area contributed by atoms with Gasteiger partial charge in [0.05, 0.1) is 24.8 Å². The van der Waals surface area contributed by atoms with Crippen LogP contribution < -0.4 is 10.5 Å². The van der Waals surface area contributed by atoms with Crippen LogP contribution >= 0.6 is 0 Å². The molecule has 0 atom stereocenters. The second-order valence-corrected chi connectivity index (χ2v) is 6.15. The molecule has 4 rings (SSSR count). The summed E-state index contributed by atoms with van der Waals surface area (Å²) in [5.74, 6) is -0.783. The molecule has 3 aromatic rings. The van der Waals surface area contributed by atoms with Crippen LogP contribution in [0.4, 0.5) is 5.69 Å². The van der Waals surface area contributed by atoms with Gasteiger partial charge in [0.2, 0.25) is 0 Å². The molecule has 26 heavy (non-hydrogen) atoms. The quantitative estimate of drug-likeness (QED) is 0.525. The van der Waals surface area contributed by atoms with Gasteiger partial charge < -0.3 is 14.1 Å². The van der Waals surface area contributed by atoms with Gasteiger partial charge in [0, 0.05) is 17.1 Å². The van der Waals surface area contributed by atoms with Crippen LogP contribution in [0.15, 0.2) is 51.7 Å². The minimum Gasteiger partial charge on any atom is -0.465 e. The van der Waals surface area contributed by atoms with Crippen molar-refractivity contribution >= 4 is 28.5 Å². The van der Waals surface area contributed by atoms with E-state index in [1.165, 1.54) is 13.2 Å². The molecule has 1 aliphatic rings. The van der Waals surface area contributed by atoms with E-state index in [1.807, 2.05) is 19.1 Å². The number of fused-ring (bicyclic) bond motifs is 2. The third kappa shape index (κ3) is 2.38. The number of ether oxygens (including phenoxy) is 1. The summed E-state index contributed by atoms with van der Waals surface area (Å²) in [4.78, 5) is 38.0. The maximum atomic E-state index is 13.0. The van der Waals surface area contributed by atoms with Gasteiger partial charge in [0.15, 0.2) is 0 Å². The summed E-state index contributed by atoms with van der Waals surface area (Å²) < 4.78 is 9.99. The number of nitrogens with zero attached hydrogens (tertiary/aromatic N) is 1. The standard InChI is InChI=1S/C20H15NO5/c1-11-8-16-12(6-7-17(22)26-16)9-15(11)21-10-13-4-3-5-14(20(24)25-2)18(13)19(21)23/h3-9H,10H2,1-2H3. The predicted octanol–water partition coefficient (Wildman–Crippen LogP) is 3.05. The summed E-state index contributed by atoms with van der Waals surface area (Å²) in [7, 11) is 1.29. The van der Waals surface area contributed by atoms with E-state index in [0.29, 0.717) is 23.4 Å². The molecule has 0 unspecified atom stereocenters. The number of anilines is 1. The maximum absolute atomic E-state index is 13.0. The van der Waals surface area contributed by atoms with Crippen molar-refractivity contribution in [1.82, 2.24) is 0 Å². The second kappa shape index (κ2) is 5.84. The molecule has 0 radical (unpaired) electrons. The SMILES string of the molecule is COC(=O)c1cccc2c1C(=O)N(c1cc3ccc(=O)oc3cc1C)C2. The van der Waals surface area contributed by atoms with Gasteiger partial charge in [-0.1, -0.05) is 12.1 Å². The monoisotopic (exact) mass is 349 g/mol. The van der Waals surface area contributed by atoms with Gasteiger partial charge in [0.1, 0.15) is 5.58 Å². The molecule has 0 saturated heterocycles. The Hall–Kier alpha value is -3.41. The molecule has 2 heterocycles. The smallest absolute Gasteiger partial charge is 0.338 e. The first kappa shape index (κ1) is 16.1. The van der Waals surface area contributed by atoms with Crippen molar-refractivity contribution in [3.05, 3.63) is 75.1 Å². The lowest BCUT2D eigenvalue weighted by Gasteiger charge is -2.19. The van der Waals surface area contributed by atoms with Crippen molar-refractivity contribution in [2.75, 3.05) is 12.0 Å². The van der Waals surface area contributed by atoms with Crippen LogP contribution in [0.2, 0.25) is 0 Å². The van der Waals surface area contributed by atoms with E-state index in [-0.39, 0.29) is 11.5 Å². The number of hydrogen-bond acceptors (Lipinski definition) is 5. The molecule has 130 valence electrons. The summed E-state index contributed by atoms with van der Waals surface area (Å²) in [6, 6.07) is 11.7. The summed E-state index contributed by atoms with van der Waals surface area (Å²) in [6.07, 6.45) is 0. The minimum absolute atomic E-state index is 0.249. The lowest BCUT2D eigenvalue weighted by molar-refractivity contribution is 0.0597. The fraction of sp³-hybridized carbons (Fsp3) is 0.150. The first-order valence-corrected chi connectivity index (χ1v) is 8.06. The zero-order valence-corrected chi connectivity index (χ0v) is 14.2. The third-order valence-electron chi connectivity index (χ3n) is 4.57. The Balaban J connectivity index is 1.83. The van der Waals surface area contributed by atoms with Gasteiger partial charge >= 0.3 is 11.6 Å². The molecule has 6 nitrogen and oxygen atoms in total. The highest BCUT2D eigenvalue weighted by Crippen LogP contribution is 2.34. The minimum atomic E-state index is -0.533. The normalized spacial score (nSPS) is 13.2. The maximum Gasteiger partial charge on any atom is 0.338 e. The van der Waals surface area contributed by atoms with Crippen LogP contribution in [0.5, 0.6) is 0 Å². The molecule has 0 bridgehead atoms. The second-order valence-electron chi connectivity index (χ2n) is 6.15. The van der Waals surface area contributed by atoms with E-state index < -0.39 is 11.6 Å². The van der Waals surface area contributed by atoms with Crippen LogP contribution in [0.25, 0.3) is 11.0 Å². The molecule has 6 heteroatoms. The van der Waals surface area contributed by atoms with E-state index >= 15 is 0 Å². The summed E-state index contributed by atoms with van der Waals surface area (Å²) >= 11 is 0. The van der Waals surface area contributed by atoms with Crippen LogP contribution in [0.1, 0.15) is 31.8 Å². The molecule has 0 aliphatic carbocycles. The van der Waals surface area contributed by atoms with E-state index in [9.17, 15) is 14.4 Å². The molecule has 2 aromatic carbocycles. The van der Waals surface area contributed by atoms with Crippen molar-refractivity contribution in [2.45, 2.75) is 13.5 Å². The Kier molecular flexibility index (Phi) is 3.61. The molecular formula is C20H15NO5. The number of hydrogen-bond donors (Lipinski definition) is 0. The molecule has 0 fully saturated rings. The van der Waals surface area contributed by atoms with Crippen molar-refractivity contribution < 1.29 is 18.7 Å². The average molecular weight is 349 g/mol. The number of rotatable bonds is 2. The fourth-order valence-electron chi connectivity index (χ4n) is 3.33. The number of methoxy groups -OCH3 is 1. The third-order valence-corrected chi connectivity index (χ3v) is 4.57. The highest BCUT2D eigenvalue weighted by Gasteiger charge is 2.33. The zero-order valence-electron chi connectivity index (χ0n) is 14.2. The Morgan fingerprint density at radius 1 is 1.15 bits per heavy atom. The molecule has 1 amide bonds. The predicted molar refractivity (Wildman–Crippen MR) is 95.5 cm³/mol. The topological polar surface area (TPSA) is 76.8 Å². The lowest BCUT2D eigenvalue weighted by Crippen LogP contribution is -2.25. The molecular weight excluding hydrogens is 334 g/mol. The van der Waals surface area contributed by atoms with Crippen molar-refractivity contribution in [3.8, 4) is 0 Å². The van der Waals surface area contributed by atoms with Crippen LogP contribution in [0.3, 0.4) is 0 Å². The Morgan fingerprint density at radius 2 is 1.96 bits per heavy atom. The summed E-state index contributed by atoms with van der Waals surface area (Å²) in [5.41, 5.74) is 2.98. The number of carbonyl (C=O) groups excluding carboxylic acids is 2. The number of aryl methyl sites for hydroxylation is 1. The van der Waals surface area contributed by atoms with E-state index in [4.69, 9.17) is 9.15 Å². The average Bonchev–Trinajstić information content (AvgIpc) is 2.97. The summed E-state index contributed by atoms with van der Waals surface area (Å²) in [6.45, 7) is 2.21. The van der Waals surface area contributed by atoms with Crippen LogP contribution in [-0.2, 0) is 11.3 Å². The highest BCUT2D eigenvalue weighted by molar-refractivity contribution is 6.16. The van der Waals surface area contributed by atoms with Crippen molar-refractivity contribution in [2.24, 2.45) is 0 Å². The molecule has 0 N–H and O–H groups in total. The lowest BCUT2D eigenvalue weighted by atomic mass is 10.0. The van der Waals surface area contributed by atoms with Gasteiger partial charge in [-0.2, -0.15) is 0 Å².